The van der Waals surface area contributed by atoms with Crippen molar-refractivity contribution < 1.29 is 22.4 Å². The van der Waals surface area contributed by atoms with Crippen LogP contribution < -0.4 is 9.62 Å². The minimum atomic E-state index is -4.22. The maximum absolute atomic E-state index is 13.7. The number of nitrogens with one attached hydrogen (secondary N) is 1. The summed E-state index contributed by atoms with van der Waals surface area (Å²) in [5.74, 6) is -1.46. The number of anilines is 1. The maximum Gasteiger partial charge on any atom is 0.264 e. The number of hydrogen-bond acceptors (Lipinski definition) is 4. The number of amides is 2. The lowest BCUT2D eigenvalue weighted by Crippen LogP contribution is -2.51. The predicted molar refractivity (Wildman–Crippen MR) is 137 cm³/mol. The molecule has 0 spiro atoms. The summed E-state index contributed by atoms with van der Waals surface area (Å²) in [6, 6.07) is 19.3. The van der Waals surface area contributed by atoms with Crippen molar-refractivity contribution in [3.05, 3.63) is 95.8 Å². The van der Waals surface area contributed by atoms with E-state index in [0.717, 1.165) is 39.7 Å². The van der Waals surface area contributed by atoms with Gasteiger partial charge >= 0.3 is 0 Å². The van der Waals surface area contributed by atoms with Crippen LogP contribution in [-0.4, -0.2) is 44.3 Å². The summed E-state index contributed by atoms with van der Waals surface area (Å²) in [6.07, 6.45) is 0. The van der Waals surface area contributed by atoms with Crippen LogP contribution in [0, 0.1) is 12.7 Å². The van der Waals surface area contributed by atoms with E-state index in [9.17, 15) is 22.4 Å². The van der Waals surface area contributed by atoms with Crippen LogP contribution in [-0.2, 0) is 26.2 Å². The van der Waals surface area contributed by atoms with Gasteiger partial charge in [-0.1, -0.05) is 42.5 Å². The van der Waals surface area contributed by atoms with Gasteiger partial charge in [0.05, 0.1) is 10.6 Å². The molecule has 36 heavy (non-hydrogen) atoms. The van der Waals surface area contributed by atoms with Gasteiger partial charge in [-0.2, -0.15) is 0 Å². The van der Waals surface area contributed by atoms with Crippen LogP contribution >= 0.6 is 0 Å². The zero-order valence-corrected chi connectivity index (χ0v) is 21.3. The minimum Gasteiger partial charge on any atom is -0.355 e. The van der Waals surface area contributed by atoms with Crippen molar-refractivity contribution in [3.8, 4) is 0 Å². The smallest absolute Gasteiger partial charge is 0.264 e. The number of nitrogens with zero attached hydrogens (tertiary/aromatic N) is 2. The van der Waals surface area contributed by atoms with E-state index in [0.29, 0.717) is 6.54 Å². The van der Waals surface area contributed by atoms with E-state index < -0.39 is 34.3 Å². The lowest BCUT2D eigenvalue weighted by molar-refractivity contribution is -0.139. The van der Waals surface area contributed by atoms with E-state index in [1.54, 1.807) is 44.2 Å². The molecule has 1 N–H and O–H groups in total. The minimum absolute atomic E-state index is 0.128. The number of para-hydroxylation sites is 1. The first-order chi connectivity index (χ1) is 17.1. The molecule has 0 bridgehead atoms. The zero-order chi connectivity index (χ0) is 26.3. The van der Waals surface area contributed by atoms with Gasteiger partial charge in [-0.15, -0.1) is 0 Å². The van der Waals surface area contributed by atoms with Gasteiger partial charge in [-0.25, -0.2) is 12.8 Å². The van der Waals surface area contributed by atoms with Gasteiger partial charge in [0, 0.05) is 13.1 Å². The highest BCUT2D eigenvalue weighted by atomic mass is 32.2. The molecule has 3 aromatic rings. The maximum atomic E-state index is 13.7. The highest BCUT2D eigenvalue weighted by Crippen LogP contribution is 2.24. The van der Waals surface area contributed by atoms with Crippen LogP contribution in [0.25, 0.3) is 0 Å². The molecule has 190 valence electrons. The molecule has 0 aliphatic rings. The highest BCUT2D eigenvalue weighted by molar-refractivity contribution is 7.92. The Morgan fingerprint density at radius 2 is 1.56 bits per heavy atom. The Morgan fingerprint density at radius 3 is 2.17 bits per heavy atom. The molecular weight excluding hydrogens is 481 g/mol. The van der Waals surface area contributed by atoms with Gasteiger partial charge in [-0.05, 0) is 68.3 Å². The Morgan fingerprint density at radius 1 is 0.944 bits per heavy atom. The summed E-state index contributed by atoms with van der Waals surface area (Å²) in [7, 11) is -4.22. The SMILES string of the molecule is CCNC(=O)[C@@H](C)N(Cc1ccccc1C)C(=O)CN(c1ccccc1)S(=O)(=O)c1ccc(F)cc1. The predicted octanol–water partition coefficient (Wildman–Crippen LogP) is 3.88. The van der Waals surface area contributed by atoms with Crippen LogP contribution in [0.2, 0.25) is 0 Å². The summed E-state index contributed by atoms with van der Waals surface area (Å²) in [5, 5.41) is 2.73. The fraction of sp³-hybridized carbons (Fsp3) is 0.259. The standard InChI is InChI=1S/C27H30FN3O4S/c1-4-29-27(33)21(3)30(18-22-11-9-8-10-20(22)2)26(32)19-31(24-12-6-5-7-13-24)36(34,35)25-16-14-23(28)15-17-25/h5-17,21H,4,18-19H2,1-3H3,(H,29,33)/t21-/m1/s1. The number of likely N-dealkylation sites (N-methyl/N-ethyl adjacent to an activating group) is 1. The second-order valence-corrected chi connectivity index (χ2v) is 10.2. The zero-order valence-electron chi connectivity index (χ0n) is 20.5. The molecule has 2 amide bonds. The Bertz CT molecular complexity index is 1300. The third kappa shape index (κ3) is 6.28. The van der Waals surface area contributed by atoms with Gasteiger partial charge in [0.1, 0.15) is 18.4 Å². The molecule has 0 heterocycles. The Labute approximate surface area is 211 Å². The van der Waals surface area contributed by atoms with Crippen molar-refractivity contribution in [1.29, 1.82) is 0 Å². The van der Waals surface area contributed by atoms with Crippen LogP contribution in [0.4, 0.5) is 10.1 Å². The van der Waals surface area contributed by atoms with E-state index in [4.69, 9.17) is 0 Å². The molecule has 0 unspecified atom stereocenters. The van der Waals surface area contributed by atoms with Gasteiger partial charge in [-0.3, -0.25) is 13.9 Å². The molecule has 0 saturated heterocycles. The second kappa shape index (κ2) is 11.8. The van der Waals surface area contributed by atoms with Gasteiger partial charge in [0.25, 0.3) is 10.0 Å². The average molecular weight is 512 g/mol. The summed E-state index contributed by atoms with van der Waals surface area (Å²) >= 11 is 0. The molecule has 0 aromatic heterocycles. The molecule has 1 atom stereocenters. The molecule has 0 aliphatic heterocycles. The van der Waals surface area contributed by atoms with E-state index in [-0.39, 0.29) is 23.0 Å². The van der Waals surface area contributed by atoms with Gasteiger partial charge in [0.2, 0.25) is 11.8 Å². The monoisotopic (exact) mass is 511 g/mol. The quantitative estimate of drug-likeness (QED) is 0.448. The number of carbonyl (C=O) groups excluding carboxylic acids is 2. The van der Waals surface area contributed by atoms with Gasteiger partial charge < -0.3 is 10.2 Å². The summed E-state index contributed by atoms with van der Waals surface area (Å²) < 4.78 is 41.6. The number of benzene rings is 3. The van der Waals surface area contributed by atoms with Crippen molar-refractivity contribution in [1.82, 2.24) is 10.2 Å². The molecule has 0 saturated carbocycles. The molecule has 0 fully saturated rings. The molecule has 7 nitrogen and oxygen atoms in total. The third-order valence-electron chi connectivity index (χ3n) is 5.84. The fourth-order valence-corrected chi connectivity index (χ4v) is 5.15. The van der Waals surface area contributed by atoms with Gasteiger partial charge in [0.15, 0.2) is 0 Å². The van der Waals surface area contributed by atoms with Crippen molar-refractivity contribution >= 4 is 27.5 Å². The van der Waals surface area contributed by atoms with Crippen LogP contribution in [0.5, 0.6) is 0 Å². The van der Waals surface area contributed by atoms with Crippen LogP contribution in [0.3, 0.4) is 0 Å². The molecule has 3 rings (SSSR count). The molecule has 0 aliphatic carbocycles. The summed E-state index contributed by atoms with van der Waals surface area (Å²) in [6.45, 7) is 5.28. The number of rotatable bonds is 10. The first-order valence-corrected chi connectivity index (χ1v) is 13.0. The number of aryl methyl sites for hydroxylation is 1. The van der Waals surface area contributed by atoms with Crippen LogP contribution in [0.1, 0.15) is 25.0 Å². The first-order valence-electron chi connectivity index (χ1n) is 11.6. The summed E-state index contributed by atoms with van der Waals surface area (Å²) in [5.41, 5.74) is 2.06. The largest absolute Gasteiger partial charge is 0.355 e. The van der Waals surface area contributed by atoms with Crippen molar-refractivity contribution in [2.45, 2.75) is 38.3 Å². The molecular formula is C27H30FN3O4S. The lowest BCUT2D eigenvalue weighted by Gasteiger charge is -2.32. The summed E-state index contributed by atoms with van der Waals surface area (Å²) in [4.78, 5) is 27.6. The molecule has 0 radical (unpaired) electrons. The Balaban J connectivity index is 2.01. The van der Waals surface area contributed by atoms with Crippen molar-refractivity contribution in [3.63, 3.8) is 0 Å². The van der Waals surface area contributed by atoms with E-state index in [1.165, 1.54) is 4.90 Å². The Hall–Kier alpha value is -3.72. The number of hydrogen-bond donors (Lipinski definition) is 1. The normalized spacial score (nSPS) is 12.0. The number of carbonyl (C=O) groups is 2. The molecule has 9 heteroatoms. The van der Waals surface area contributed by atoms with E-state index in [2.05, 4.69) is 5.32 Å². The topological polar surface area (TPSA) is 86.8 Å². The van der Waals surface area contributed by atoms with E-state index >= 15 is 0 Å². The van der Waals surface area contributed by atoms with E-state index in [1.807, 2.05) is 31.2 Å². The van der Waals surface area contributed by atoms with Crippen molar-refractivity contribution in [2.75, 3.05) is 17.4 Å². The fourth-order valence-electron chi connectivity index (χ4n) is 3.73. The highest BCUT2D eigenvalue weighted by Gasteiger charge is 2.32. The first kappa shape index (κ1) is 26.9. The Kier molecular flexibility index (Phi) is 8.82. The lowest BCUT2D eigenvalue weighted by atomic mass is 10.1. The third-order valence-corrected chi connectivity index (χ3v) is 7.63. The second-order valence-electron chi connectivity index (χ2n) is 8.32. The van der Waals surface area contributed by atoms with Crippen LogP contribution in [0.15, 0.2) is 83.8 Å². The molecule has 3 aromatic carbocycles. The van der Waals surface area contributed by atoms with Crippen molar-refractivity contribution in [2.24, 2.45) is 0 Å². The number of halogens is 1. The average Bonchev–Trinajstić information content (AvgIpc) is 2.87. The number of sulfonamides is 1.